The van der Waals surface area contributed by atoms with Gasteiger partial charge in [0.05, 0.1) is 5.56 Å². The predicted octanol–water partition coefficient (Wildman–Crippen LogP) is 3.87. The quantitative estimate of drug-likeness (QED) is 0.665. The third kappa shape index (κ3) is 2.44. The number of halogens is 1. The van der Waals surface area contributed by atoms with E-state index in [4.69, 9.17) is 5.73 Å². The summed E-state index contributed by atoms with van der Waals surface area (Å²) < 4.78 is 14.2. The molecule has 3 heteroatoms. The van der Waals surface area contributed by atoms with Crippen LogP contribution in [0.2, 0.25) is 0 Å². The summed E-state index contributed by atoms with van der Waals surface area (Å²) in [6.45, 7) is 7.31. The van der Waals surface area contributed by atoms with E-state index < -0.39 is 5.82 Å². The third-order valence-corrected chi connectivity index (χ3v) is 3.43. The van der Waals surface area contributed by atoms with Gasteiger partial charge in [-0.05, 0) is 56.5 Å². The first-order valence-electron chi connectivity index (χ1n) is 6.49. The maximum atomic E-state index is 14.2. The Hall–Kier alpha value is -2.16. The van der Waals surface area contributed by atoms with Crippen molar-refractivity contribution in [2.75, 3.05) is 5.73 Å². The number of anilines is 1. The van der Waals surface area contributed by atoms with E-state index in [0.29, 0.717) is 16.8 Å². The zero-order valence-electron chi connectivity index (χ0n) is 12.2. The van der Waals surface area contributed by atoms with Crippen LogP contribution in [0.15, 0.2) is 24.3 Å². The number of benzene rings is 2. The van der Waals surface area contributed by atoms with Crippen LogP contribution in [0.1, 0.15) is 38.2 Å². The fourth-order valence-corrected chi connectivity index (χ4v) is 2.64. The van der Waals surface area contributed by atoms with Crippen LogP contribution in [0.25, 0.3) is 0 Å². The van der Waals surface area contributed by atoms with Crippen LogP contribution < -0.4 is 5.73 Å². The largest absolute Gasteiger partial charge is 0.399 e. The van der Waals surface area contributed by atoms with Gasteiger partial charge in [0.15, 0.2) is 5.78 Å². The molecule has 0 saturated heterocycles. The van der Waals surface area contributed by atoms with Crippen molar-refractivity contribution < 1.29 is 9.18 Å². The maximum Gasteiger partial charge on any atom is 0.196 e. The van der Waals surface area contributed by atoms with Gasteiger partial charge in [0.1, 0.15) is 5.82 Å². The van der Waals surface area contributed by atoms with Crippen LogP contribution in [-0.2, 0) is 0 Å². The summed E-state index contributed by atoms with van der Waals surface area (Å²) in [5.74, 6) is -0.809. The van der Waals surface area contributed by atoms with Crippen LogP contribution in [0, 0.1) is 33.5 Å². The summed E-state index contributed by atoms with van der Waals surface area (Å²) in [5, 5.41) is 0. The summed E-state index contributed by atoms with van der Waals surface area (Å²) in [7, 11) is 0. The standard InChI is InChI=1S/C17H18FNO/c1-9-5-10(2)15(11(3)6-9)17(20)14-8-13(19)7-12(4)16(14)18/h5-8H,19H2,1-4H3. The summed E-state index contributed by atoms with van der Waals surface area (Å²) in [6.07, 6.45) is 0. The molecule has 2 N–H and O–H groups in total. The SMILES string of the molecule is Cc1cc(C)c(C(=O)c2cc(N)cc(C)c2F)c(C)c1. The van der Waals surface area contributed by atoms with Gasteiger partial charge in [-0.2, -0.15) is 0 Å². The number of carbonyl (C=O) groups excluding carboxylic acids is 1. The molecule has 0 spiro atoms. The van der Waals surface area contributed by atoms with Crippen LogP contribution in [-0.4, -0.2) is 5.78 Å². The first kappa shape index (κ1) is 14.3. The minimum absolute atomic E-state index is 0.0394. The van der Waals surface area contributed by atoms with Gasteiger partial charge in [0, 0.05) is 11.3 Å². The van der Waals surface area contributed by atoms with E-state index in [1.54, 1.807) is 6.92 Å². The highest BCUT2D eigenvalue weighted by Gasteiger charge is 2.20. The van der Waals surface area contributed by atoms with Crippen LogP contribution in [0.4, 0.5) is 10.1 Å². The van der Waals surface area contributed by atoms with Gasteiger partial charge < -0.3 is 5.73 Å². The highest BCUT2D eigenvalue weighted by Crippen LogP contribution is 2.24. The van der Waals surface area contributed by atoms with E-state index in [0.717, 1.165) is 16.7 Å². The lowest BCUT2D eigenvalue weighted by Crippen LogP contribution is -2.10. The number of nitrogen functional groups attached to an aromatic ring is 1. The highest BCUT2D eigenvalue weighted by atomic mass is 19.1. The van der Waals surface area contributed by atoms with Gasteiger partial charge >= 0.3 is 0 Å². The average Bonchev–Trinajstić information content (AvgIpc) is 2.32. The van der Waals surface area contributed by atoms with E-state index in [9.17, 15) is 9.18 Å². The van der Waals surface area contributed by atoms with E-state index >= 15 is 0 Å². The van der Waals surface area contributed by atoms with E-state index in [2.05, 4.69) is 0 Å². The molecule has 2 nitrogen and oxygen atoms in total. The minimum atomic E-state index is -0.497. The Bertz CT molecular complexity index is 681. The molecule has 0 fully saturated rings. The molecule has 2 aromatic rings. The number of ketones is 1. The van der Waals surface area contributed by atoms with Gasteiger partial charge in [-0.25, -0.2) is 4.39 Å². The second-order valence-corrected chi connectivity index (χ2v) is 5.30. The lowest BCUT2D eigenvalue weighted by atomic mass is 9.92. The fraction of sp³-hybridized carbons (Fsp3) is 0.235. The van der Waals surface area contributed by atoms with Gasteiger partial charge in [-0.3, -0.25) is 4.79 Å². The van der Waals surface area contributed by atoms with E-state index in [1.807, 2.05) is 32.9 Å². The first-order chi connectivity index (χ1) is 9.31. The van der Waals surface area contributed by atoms with Crippen LogP contribution in [0.3, 0.4) is 0 Å². The Morgan fingerprint density at radius 2 is 1.50 bits per heavy atom. The molecule has 0 aliphatic rings. The average molecular weight is 271 g/mol. The molecule has 20 heavy (non-hydrogen) atoms. The molecule has 0 radical (unpaired) electrons. The molecule has 0 atom stereocenters. The molecule has 0 saturated carbocycles. The molecular weight excluding hydrogens is 253 g/mol. The normalized spacial score (nSPS) is 10.7. The zero-order valence-corrected chi connectivity index (χ0v) is 12.2. The molecule has 2 rings (SSSR count). The Morgan fingerprint density at radius 1 is 0.950 bits per heavy atom. The lowest BCUT2D eigenvalue weighted by molar-refractivity contribution is 0.103. The molecule has 0 aromatic heterocycles. The Morgan fingerprint density at radius 3 is 2.05 bits per heavy atom. The molecule has 0 amide bonds. The van der Waals surface area contributed by atoms with Gasteiger partial charge in [0.25, 0.3) is 0 Å². The van der Waals surface area contributed by atoms with Crippen molar-refractivity contribution in [2.24, 2.45) is 0 Å². The molecular formula is C17H18FNO. The molecule has 0 aliphatic carbocycles. The van der Waals surface area contributed by atoms with Crippen molar-refractivity contribution in [2.45, 2.75) is 27.7 Å². The Kier molecular flexibility index (Phi) is 3.62. The number of carbonyl (C=O) groups is 1. The molecule has 0 bridgehead atoms. The molecule has 0 unspecified atom stereocenters. The van der Waals surface area contributed by atoms with Crippen LogP contribution in [0.5, 0.6) is 0 Å². The number of aryl methyl sites for hydroxylation is 4. The third-order valence-electron chi connectivity index (χ3n) is 3.43. The number of rotatable bonds is 2. The molecule has 2 aromatic carbocycles. The molecule has 104 valence electrons. The number of hydrogen-bond donors (Lipinski definition) is 1. The van der Waals surface area contributed by atoms with Gasteiger partial charge in [-0.15, -0.1) is 0 Å². The number of nitrogens with two attached hydrogens (primary N) is 1. The summed E-state index contributed by atoms with van der Waals surface area (Å²) in [4.78, 5) is 12.6. The summed E-state index contributed by atoms with van der Waals surface area (Å²) >= 11 is 0. The van der Waals surface area contributed by atoms with E-state index in [1.165, 1.54) is 12.1 Å². The lowest BCUT2D eigenvalue weighted by Gasteiger charge is -2.12. The first-order valence-corrected chi connectivity index (χ1v) is 6.49. The van der Waals surface area contributed by atoms with Crippen molar-refractivity contribution in [3.8, 4) is 0 Å². The van der Waals surface area contributed by atoms with Crippen molar-refractivity contribution in [1.29, 1.82) is 0 Å². The maximum absolute atomic E-state index is 14.2. The monoisotopic (exact) mass is 271 g/mol. The topological polar surface area (TPSA) is 43.1 Å². The number of hydrogen-bond acceptors (Lipinski definition) is 2. The smallest absolute Gasteiger partial charge is 0.196 e. The molecule has 0 heterocycles. The van der Waals surface area contributed by atoms with Crippen LogP contribution >= 0.6 is 0 Å². The van der Waals surface area contributed by atoms with Crippen molar-refractivity contribution in [1.82, 2.24) is 0 Å². The molecule has 0 aliphatic heterocycles. The Balaban J connectivity index is 2.64. The Labute approximate surface area is 118 Å². The van der Waals surface area contributed by atoms with E-state index in [-0.39, 0.29) is 11.3 Å². The van der Waals surface area contributed by atoms with Crippen molar-refractivity contribution in [3.63, 3.8) is 0 Å². The van der Waals surface area contributed by atoms with Gasteiger partial charge in [0.2, 0.25) is 0 Å². The summed E-state index contributed by atoms with van der Waals surface area (Å²) in [6, 6.07) is 6.79. The second kappa shape index (κ2) is 5.08. The van der Waals surface area contributed by atoms with Crippen molar-refractivity contribution in [3.05, 3.63) is 63.5 Å². The minimum Gasteiger partial charge on any atom is -0.399 e. The fourth-order valence-electron chi connectivity index (χ4n) is 2.64. The predicted molar refractivity (Wildman–Crippen MR) is 79.6 cm³/mol. The second-order valence-electron chi connectivity index (χ2n) is 5.30. The van der Waals surface area contributed by atoms with Gasteiger partial charge in [-0.1, -0.05) is 17.7 Å². The highest BCUT2D eigenvalue weighted by molar-refractivity contribution is 6.11. The summed E-state index contributed by atoms with van der Waals surface area (Å²) in [5.41, 5.74) is 9.89. The zero-order chi connectivity index (χ0) is 15.0. The van der Waals surface area contributed by atoms with Crippen molar-refractivity contribution >= 4 is 11.5 Å².